The number of hydrogen-bond acceptors (Lipinski definition) is 5. The molecule has 1 heterocycles. The highest BCUT2D eigenvalue weighted by molar-refractivity contribution is 5.73. The Morgan fingerprint density at radius 2 is 1.82 bits per heavy atom. The maximum Gasteiger partial charge on any atom is 0.433 e. The molecule has 0 N–H and O–H groups in total. The van der Waals surface area contributed by atoms with Crippen molar-refractivity contribution < 1.29 is 19.1 Å². The third kappa shape index (κ3) is 4.56. The van der Waals surface area contributed by atoms with Crippen molar-refractivity contribution in [3.8, 4) is 5.75 Å². The van der Waals surface area contributed by atoms with Gasteiger partial charge in [0.1, 0.15) is 12.4 Å². The van der Waals surface area contributed by atoms with Gasteiger partial charge in [-0.3, -0.25) is 0 Å². The van der Waals surface area contributed by atoms with Crippen LogP contribution in [0.15, 0.2) is 29.3 Å². The summed E-state index contributed by atoms with van der Waals surface area (Å²) in [6.07, 6.45) is -1.06. The molecule has 0 atom stereocenters. The number of aliphatic imine (C=N–C) groups is 1. The minimum absolute atomic E-state index is 0.102. The monoisotopic (exact) mass is 305 g/mol. The topological polar surface area (TPSA) is 71.4 Å². The Bertz CT molecular complexity index is 536. The lowest BCUT2D eigenvalue weighted by atomic mass is 10.2. The quantitative estimate of drug-likeness (QED) is 0.796. The van der Waals surface area contributed by atoms with Crippen LogP contribution >= 0.6 is 0 Å². The van der Waals surface area contributed by atoms with Crippen molar-refractivity contribution in [2.24, 2.45) is 4.99 Å². The number of carbonyl (C=O) groups excluding carboxylic acids is 2. The second kappa shape index (κ2) is 7.56. The maximum atomic E-state index is 12.0. The molecule has 1 saturated heterocycles. The Labute approximate surface area is 129 Å². The zero-order valence-corrected chi connectivity index (χ0v) is 12.5. The third-order valence-electron chi connectivity index (χ3n) is 3.38. The first-order chi connectivity index (χ1) is 10.6. The first kappa shape index (κ1) is 16.0. The molecule has 22 heavy (non-hydrogen) atoms. The number of carbonyl (C=O) groups is 2. The number of piperazine rings is 1. The number of nitrogens with zero attached hydrogens (tertiary/aromatic N) is 3. The standard InChI is InChI=1S/C15H19N3O4/c1-16-14(19)21-11-12-3-5-13(6-4-12)22-15(20)18-9-7-17(2)8-10-18/h3-6H,1,7-11H2,2H3. The Kier molecular flexibility index (Phi) is 5.48. The Morgan fingerprint density at radius 1 is 1.18 bits per heavy atom. The second-order valence-corrected chi connectivity index (χ2v) is 5.01. The van der Waals surface area contributed by atoms with E-state index in [2.05, 4.69) is 16.6 Å². The molecule has 7 heteroatoms. The lowest BCUT2D eigenvalue weighted by Crippen LogP contribution is -2.48. The molecule has 2 amide bonds. The molecule has 1 aliphatic heterocycles. The van der Waals surface area contributed by atoms with E-state index in [9.17, 15) is 9.59 Å². The summed E-state index contributed by atoms with van der Waals surface area (Å²) in [6, 6.07) is 6.78. The molecular formula is C15H19N3O4. The van der Waals surface area contributed by atoms with Crippen molar-refractivity contribution >= 4 is 18.9 Å². The van der Waals surface area contributed by atoms with Crippen LogP contribution in [0, 0.1) is 0 Å². The van der Waals surface area contributed by atoms with Crippen molar-refractivity contribution in [3.05, 3.63) is 29.8 Å². The predicted molar refractivity (Wildman–Crippen MR) is 81.3 cm³/mol. The van der Waals surface area contributed by atoms with E-state index in [1.54, 1.807) is 29.2 Å². The fourth-order valence-corrected chi connectivity index (χ4v) is 2.00. The number of likely N-dealkylation sites (N-methyl/N-ethyl adjacent to an activating group) is 1. The number of rotatable bonds is 3. The van der Waals surface area contributed by atoms with Crippen molar-refractivity contribution in [2.45, 2.75) is 6.61 Å². The minimum Gasteiger partial charge on any atom is -0.443 e. The fraction of sp³-hybridized carbons (Fsp3) is 0.400. The van der Waals surface area contributed by atoms with Crippen LogP contribution in [0.25, 0.3) is 0 Å². The minimum atomic E-state index is -0.717. The Balaban J connectivity index is 1.84. The Hall–Kier alpha value is -2.41. The highest BCUT2D eigenvalue weighted by atomic mass is 16.6. The average Bonchev–Trinajstić information content (AvgIpc) is 2.54. The summed E-state index contributed by atoms with van der Waals surface area (Å²) in [6.45, 7) is 6.20. The molecule has 0 radical (unpaired) electrons. The van der Waals surface area contributed by atoms with Gasteiger partial charge in [0, 0.05) is 26.2 Å². The smallest absolute Gasteiger partial charge is 0.433 e. The number of amides is 2. The molecule has 118 valence electrons. The van der Waals surface area contributed by atoms with Crippen molar-refractivity contribution in [1.82, 2.24) is 9.80 Å². The lowest BCUT2D eigenvalue weighted by Gasteiger charge is -2.31. The van der Waals surface area contributed by atoms with E-state index in [1.165, 1.54) is 0 Å². The van der Waals surface area contributed by atoms with Crippen molar-refractivity contribution in [1.29, 1.82) is 0 Å². The van der Waals surface area contributed by atoms with Gasteiger partial charge in [0.2, 0.25) is 0 Å². The van der Waals surface area contributed by atoms with E-state index in [4.69, 9.17) is 9.47 Å². The first-order valence-corrected chi connectivity index (χ1v) is 6.96. The zero-order chi connectivity index (χ0) is 15.9. The van der Waals surface area contributed by atoms with Crippen LogP contribution in [-0.4, -0.2) is 61.9 Å². The average molecular weight is 305 g/mol. The van der Waals surface area contributed by atoms with Crippen LogP contribution in [-0.2, 0) is 11.3 Å². The Morgan fingerprint density at radius 3 is 2.41 bits per heavy atom. The van der Waals surface area contributed by atoms with E-state index in [1.807, 2.05) is 7.05 Å². The summed E-state index contributed by atoms with van der Waals surface area (Å²) in [5.74, 6) is 0.459. The van der Waals surface area contributed by atoms with Gasteiger partial charge in [-0.2, -0.15) is 4.99 Å². The predicted octanol–water partition coefficient (Wildman–Crippen LogP) is 1.77. The number of benzene rings is 1. The van der Waals surface area contributed by atoms with Gasteiger partial charge in [0.25, 0.3) is 0 Å². The largest absolute Gasteiger partial charge is 0.443 e. The first-order valence-electron chi connectivity index (χ1n) is 6.96. The van der Waals surface area contributed by atoms with E-state index in [-0.39, 0.29) is 12.7 Å². The van der Waals surface area contributed by atoms with Gasteiger partial charge in [-0.25, -0.2) is 9.59 Å². The highest BCUT2D eigenvalue weighted by Gasteiger charge is 2.20. The van der Waals surface area contributed by atoms with Crippen molar-refractivity contribution in [3.63, 3.8) is 0 Å². The molecule has 0 aliphatic carbocycles. The van der Waals surface area contributed by atoms with Gasteiger partial charge in [0.15, 0.2) is 0 Å². The van der Waals surface area contributed by atoms with Gasteiger partial charge in [0.05, 0.1) is 0 Å². The molecule has 1 fully saturated rings. The van der Waals surface area contributed by atoms with Crippen LogP contribution in [0.1, 0.15) is 5.56 Å². The fourth-order valence-electron chi connectivity index (χ4n) is 2.00. The molecule has 0 unspecified atom stereocenters. The molecule has 0 aromatic heterocycles. The molecule has 0 spiro atoms. The highest BCUT2D eigenvalue weighted by Crippen LogP contribution is 2.15. The van der Waals surface area contributed by atoms with Gasteiger partial charge >= 0.3 is 12.2 Å². The van der Waals surface area contributed by atoms with Gasteiger partial charge < -0.3 is 19.3 Å². The van der Waals surface area contributed by atoms with Gasteiger partial charge in [-0.15, -0.1) is 0 Å². The molecule has 1 aliphatic rings. The van der Waals surface area contributed by atoms with Crippen LogP contribution in [0.4, 0.5) is 9.59 Å². The van der Waals surface area contributed by atoms with E-state index in [0.717, 1.165) is 18.7 Å². The molecule has 7 nitrogen and oxygen atoms in total. The molecular weight excluding hydrogens is 286 g/mol. The van der Waals surface area contributed by atoms with Crippen LogP contribution < -0.4 is 4.74 Å². The molecule has 1 aromatic rings. The summed E-state index contributed by atoms with van der Waals surface area (Å²) < 4.78 is 10.1. The van der Waals surface area contributed by atoms with Crippen LogP contribution in [0.3, 0.4) is 0 Å². The van der Waals surface area contributed by atoms with E-state index >= 15 is 0 Å². The van der Waals surface area contributed by atoms with Gasteiger partial charge in [-0.1, -0.05) is 12.1 Å². The SMILES string of the molecule is C=NC(=O)OCc1ccc(OC(=O)N2CCN(C)CC2)cc1. The third-order valence-corrected chi connectivity index (χ3v) is 3.38. The van der Waals surface area contributed by atoms with Crippen LogP contribution in [0.5, 0.6) is 5.75 Å². The van der Waals surface area contributed by atoms with E-state index in [0.29, 0.717) is 18.8 Å². The van der Waals surface area contributed by atoms with Crippen LogP contribution in [0.2, 0.25) is 0 Å². The normalized spacial score (nSPS) is 15.2. The van der Waals surface area contributed by atoms with E-state index < -0.39 is 6.09 Å². The molecule has 0 saturated carbocycles. The summed E-state index contributed by atoms with van der Waals surface area (Å²) in [5.41, 5.74) is 0.774. The number of ether oxygens (including phenoxy) is 2. The summed E-state index contributed by atoms with van der Waals surface area (Å²) >= 11 is 0. The number of hydrogen-bond donors (Lipinski definition) is 0. The molecule has 0 bridgehead atoms. The van der Waals surface area contributed by atoms with Crippen molar-refractivity contribution in [2.75, 3.05) is 33.2 Å². The lowest BCUT2D eigenvalue weighted by molar-refractivity contribution is 0.120. The maximum absolute atomic E-state index is 12.0. The summed E-state index contributed by atoms with van der Waals surface area (Å²) in [5, 5.41) is 0. The van der Waals surface area contributed by atoms with Gasteiger partial charge in [-0.05, 0) is 31.5 Å². The summed E-state index contributed by atoms with van der Waals surface area (Å²) in [7, 11) is 2.02. The molecule has 2 rings (SSSR count). The zero-order valence-electron chi connectivity index (χ0n) is 12.5. The summed E-state index contributed by atoms with van der Waals surface area (Å²) in [4.78, 5) is 29.9. The molecule has 1 aromatic carbocycles. The second-order valence-electron chi connectivity index (χ2n) is 5.01.